The van der Waals surface area contributed by atoms with Crippen molar-refractivity contribution < 1.29 is 9.84 Å². The number of ether oxygens (including phenoxy) is 1. The fraction of sp³-hybridized carbons (Fsp3) is 0.600. The SMILES string of the molecule is CC1(C)CC(O)(c2cnccn2)CO1. The van der Waals surface area contributed by atoms with Gasteiger partial charge in [0, 0.05) is 18.8 Å². The van der Waals surface area contributed by atoms with E-state index in [1.54, 1.807) is 18.6 Å². The summed E-state index contributed by atoms with van der Waals surface area (Å²) in [5.74, 6) is 0. The second-order valence-electron chi connectivity index (χ2n) is 4.35. The van der Waals surface area contributed by atoms with Gasteiger partial charge in [0.15, 0.2) is 0 Å². The molecule has 0 radical (unpaired) electrons. The molecule has 0 bridgehead atoms. The molecule has 0 saturated carbocycles. The Morgan fingerprint density at radius 1 is 1.43 bits per heavy atom. The fourth-order valence-electron chi connectivity index (χ4n) is 1.83. The van der Waals surface area contributed by atoms with Crippen LogP contribution in [0.1, 0.15) is 26.0 Å². The van der Waals surface area contributed by atoms with Crippen molar-refractivity contribution in [2.24, 2.45) is 0 Å². The molecule has 0 amide bonds. The van der Waals surface area contributed by atoms with Crippen molar-refractivity contribution in [3.8, 4) is 0 Å². The first kappa shape index (κ1) is 9.55. The minimum atomic E-state index is -0.974. The van der Waals surface area contributed by atoms with Crippen LogP contribution in [0, 0.1) is 0 Å². The van der Waals surface area contributed by atoms with Crippen LogP contribution in [0.5, 0.6) is 0 Å². The number of rotatable bonds is 1. The van der Waals surface area contributed by atoms with Gasteiger partial charge in [-0.1, -0.05) is 0 Å². The molecule has 1 saturated heterocycles. The number of hydrogen-bond donors (Lipinski definition) is 1. The molecular weight excluding hydrogens is 180 g/mol. The Bertz CT molecular complexity index is 326. The van der Waals surface area contributed by atoms with Crippen LogP contribution in [0.15, 0.2) is 18.6 Å². The first-order valence-corrected chi connectivity index (χ1v) is 4.65. The summed E-state index contributed by atoms with van der Waals surface area (Å²) in [6.07, 6.45) is 5.32. The minimum Gasteiger partial charge on any atom is -0.381 e. The van der Waals surface area contributed by atoms with Gasteiger partial charge in [-0.15, -0.1) is 0 Å². The molecule has 1 aromatic rings. The van der Waals surface area contributed by atoms with Gasteiger partial charge in [0.05, 0.1) is 24.1 Å². The average Bonchev–Trinajstić information content (AvgIpc) is 2.44. The maximum atomic E-state index is 10.3. The van der Waals surface area contributed by atoms with Crippen molar-refractivity contribution in [3.63, 3.8) is 0 Å². The van der Waals surface area contributed by atoms with Gasteiger partial charge in [-0.05, 0) is 13.8 Å². The molecule has 14 heavy (non-hydrogen) atoms. The Hall–Kier alpha value is -1.00. The van der Waals surface area contributed by atoms with Crippen LogP contribution in [0.4, 0.5) is 0 Å². The summed E-state index contributed by atoms with van der Waals surface area (Å²) < 4.78 is 5.49. The highest BCUT2D eigenvalue weighted by molar-refractivity contribution is 5.12. The predicted octanol–water partition coefficient (Wildman–Crippen LogP) is 0.863. The standard InChI is InChI=1S/C10H14N2O2/c1-9(2)6-10(13,7-14-9)8-5-11-3-4-12-8/h3-5,13H,6-7H2,1-2H3. The summed E-state index contributed by atoms with van der Waals surface area (Å²) in [6.45, 7) is 4.21. The van der Waals surface area contributed by atoms with E-state index >= 15 is 0 Å². The van der Waals surface area contributed by atoms with Crippen molar-refractivity contribution >= 4 is 0 Å². The van der Waals surface area contributed by atoms with Gasteiger partial charge in [0.1, 0.15) is 5.60 Å². The lowest BCUT2D eigenvalue weighted by molar-refractivity contribution is 0.00134. The highest BCUT2D eigenvalue weighted by Gasteiger charge is 2.45. The number of aromatic nitrogens is 2. The second kappa shape index (κ2) is 3.00. The topological polar surface area (TPSA) is 55.2 Å². The summed E-state index contributed by atoms with van der Waals surface area (Å²) in [6, 6.07) is 0. The summed E-state index contributed by atoms with van der Waals surface area (Å²) in [7, 11) is 0. The first-order valence-electron chi connectivity index (χ1n) is 4.65. The van der Waals surface area contributed by atoms with Gasteiger partial charge in [-0.25, -0.2) is 0 Å². The van der Waals surface area contributed by atoms with Crippen molar-refractivity contribution in [2.45, 2.75) is 31.5 Å². The van der Waals surface area contributed by atoms with E-state index in [0.29, 0.717) is 18.7 Å². The summed E-state index contributed by atoms with van der Waals surface area (Å²) in [5.41, 5.74) is -0.671. The van der Waals surface area contributed by atoms with Crippen LogP contribution in [0.25, 0.3) is 0 Å². The van der Waals surface area contributed by atoms with Crippen LogP contribution >= 0.6 is 0 Å². The molecule has 1 N–H and O–H groups in total. The average molecular weight is 194 g/mol. The summed E-state index contributed by atoms with van der Waals surface area (Å²) >= 11 is 0. The van der Waals surface area contributed by atoms with Gasteiger partial charge in [-0.2, -0.15) is 0 Å². The molecule has 1 unspecified atom stereocenters. The molecule has 4 nitrogen and oxygen atoms in total. The fourth-order valence-corrected chi connectivity index (χ4v) is 1.83. The maximum absolute atomic E-state index is 10.3. The highest BCUT2D eigenvalue weighted by atomic mass is 16.5. The van der Waals surface area contributed by atoms with Crippen LogP contribution in [0.3, 0.4) is 0 Å². The van der Waals surface area contributed by atoms with Crippen LogP contribution < -0.4 is 0 Å². The highest BCUT2D eigenvalue weighted by Crippen LogP contribution is 2.38. The van der Waals surface area contributed by atoms with E-state index < -0.39 is 5.60 Å². The van der Waals surface area contributed by atoms with E-state index in [2.05, 4.69) is 9.97 Å². The quantitative estimate of drug-likeness (QED) is 0.720. The lowest BCUT2D eigenvalue weighted by Crippen LogP contribution is -2.29. The molecule has 2 heterocycles. The number of nitrogens with zero attached hydrogens (tertiary/aromatic N) is 2. The van der Waals surface area contributed by atoms with E-state index in [0.717, 1.165) is 0 Å². The Morgan fingerprint density at radius 3 is 2.71 bits per heavy atom. The van der Waals surface area contributed by atoms with E-state index in [-0.39, 0.29) is 5.60 Å². The molecule has 4 heteroatoms. The smallest absolute Gasteiger partial charge is 0.134 e. The molecular formula is C10H14N2O2. The maximum Gasteiger partial charge on any atom is 0.134 e. The van der Waals surface area contributed by atoms with Crippen LogP contribution in [-0.4, -0.2) is 27.3 Å². The van der Waals surface area contributed by atoms with Crippen molar-refractivity contribution in [1.82, 2.24) is 9.97 Å². The lowest BCUT2D eigenvalue weighted by Gasteiger charge is -2.21. The molecule has 76 valence electrons. The molecule has 2 rings (SSSR count). The molecule has 1 aliphatic heterocycles. The minimum absolute atomic E-state index is 0.285. The Labute approximate surface area is 83.0 Å². The third-order valence-corrected chi connectivity index (χ3v) is 2.46. The zero-order valence-corrected chi connectivity index (χ0v) is 8.40. The van der Waals surface area contributed by atoms with Gasteiger partial charge in [0.25, 0.3) is 0 Å². The van der Waals surface area contributed by atoms with E-state index in [1.807, 2.05) is 13.8 Å². The lowest BCUT2D eigenvalue weighted by atomic mass is 9.91. The van der Waals surface area contributed by atoms with Gasteiger partial charge < -0.3 is 9.84 Å². The Kier molecular flexibility index (Phi) is 2.05. The number of aliphatic hydroxyl groups is 1. The largest absolute Gasteiger partial charge is 0.381 e. The van der Waals surface area contributed by atoms with Crippen LogP contribution in [0.2, 0.25) is 0 Å². The third-order valence-electron chi connectivity index (χ3n) is 2.46. The third kappa shape index (κ3) is 1.63. The van der Waals surface area contributed by atoms with E-state index in [1.165, 1.54) is 0 Å². The van der Waals surface area contributed by atoms with Gasteiger partial charge >= 0.3 is 0 Å². The van der Waals surface area contributed by atoms with E-state index in [4.69, 9.17) is 4.74 Å². The van der Waals surface area contributed by atoms with Crippen molar-refractivity contribution in [1.29, 1.82) is 0 Å². The second-order valence-corrected chi connectivity index (χ2v) is 4.35. The predicted molar refractivity (Wildman–Crippen MR) is 50.6 cm³/mol. The Morgan fingerprint density at radius 2 is 2.21 bits per heavy atom. The summed E-state index contributed by atoms with van der Waals surface area (Å²) in [5, 5.41) is 10.3. The molecule has 0 aliphatic carbocycles. The molecule has 1 fully saturated rings. The summed E-state index contributed by atoms with van der Waals surface area (Å²) in [4.78, 5) is 8.05. The zero-order valence-electron chi connectivity index (χ0n) is 8.40. The monoisotopic (exact) mass is 194 g/mol. The zero-order chi connectivity index (χ0) is 10.2. The molecule has 1 aliphatic rings. The normalized spacial score (nSPS) is 30.5. The van der Waals surface area contributed by atoms with Gasteiger partial charge in [0.2, 0.25) is 0 Å². The van der Waals surface area contributed by atoms with Crippen LogP contribution in [-0.2, 0) is 10.3 Å². The first-order chi connectivity index (χ1) is 6.52. The molecule has 0 spiro atoms. The van der Waals surface area contributed by atoms with Gasteiger partial charge in [-0.3, -0.25) is 9.97 Å². The number of hydrogen-bond acceptors (Lipinski definition) is 4. The Balaban J connectivity index is 2.27. The molecule has 1 atom stereocenters. The van der Waals surface area contributed by atoms with Crippen molar-refractivity contribution in [3.05, 3.63) is 24.3 Å². The molecule has 0 aromatic carbocycles. The van der Waals surface area contributed by atoms with E-state index in [9.17, 15) is 5.11 Å². The van der Waals surface area contributed by atoms with Crippen molar-refractivity contribution in [2.75, 3.05) is 6.61 Å². The molecule has 1 aromatic heterocycles.